The maximum atomic E-state index is 10.7. The second-order valence-corrected chi connectivity index (χ2v) is 3.28. The number of benzene rings is 1. The summed E-state index contributed by atoms with van der Waals surface area (Å²) in [5.74, 6) is -1.05. The fraction of sp³-hybridized carbons (Fsp3) is 0.182. The third kappa shape index (κ3) is 1.79. The summed E-state index contributed by atoms with van der Waals surface area (Å²) in [6, 6.07) is 7.31. The number of aryl methyl sites for hydroxylation is 1. The minimum Gasteiger partial charge on any atom is -0.476 e. The summed E-state index contributed by atoms with van der Waals surface area (Å²) < 4.78 is 0. The van der Waals surface area contributed by atoms with Gasteiger partial charge < -0.3 is 5.11 Å². The Morgan fingerprint density at radius 3 is 2.80 bits per heavy atom. The Balaban J connectivity index is 2.62. The lowest BCUT2D eigenvalue weighted by molar-refractivity contribution is 0.0689. The third-order valence-corrected chi connectivity index (χ3v) is 2.28. The van der Waals surface area contributed by atoms with E-state index in [9.17, 15) is 4.79 Å². The van der Waals surface area contributed by atoms with Gasteiger partial charge in [-0.25, -0.2) is 4.79 Å². The van der Waals surface area contributed by atoms with Gasteiger partial charge in [0.15, 0.2) is 5.69 Å². The van der Waals surface area contributed by atoms with Crippen LogP contribution in [0.4, 0.5) is 0 Å². The van der Waals surface area contributed by atoms with E-state index in [2.05, 4.69) is 10.2 Å². The van der Waals surface area contributed by atoms with Crippen molar-refractivity contribution in [2.24, 2.45) is 0 Å². The number of aromatic carboxylic acids is 1. The zero-order valence-electron chi connectivity index (χ0n) is 8.27. The summed E-state index contributed by atoms with van der Waals surface area (Å²) in [7, 11) is 0. The van der Waals surface area contributed by atoms with E-state index >= 15 is 0 Å². The van der Waals surface area contributed by atoms with Gasteiger partial charge in [-0.1, -0.05) is 13.0 Å². The van der Waals surface area contributed by atoms with Gasteiger partial charge in [-0.15, -0.1) is 10.2 Å². The molecular weight excluding hydrogens is 192 g/mol. The van der Waals surface area contributed by atoms with E-state index in [-0.39, 0.29) is 5.69 Å². The van der Waals surface area contributed by atoms with Crippen molar-refractivity contribution in [2.45, 2.75) is 13.3 Å². The van der Waals surface area contributed by atoms with Crippen LogP contribution in [0.2, 0.25) is 0 Å². The first kappa shape index (κ1) is 9.58. The van der Waals surface area contributed by atoms with Crippen LogP contribution in [0.5, 0.6) is 0 Å². The highest BCUT2D eigenvalue weighted by atomic mass is 16.4. The van der Waals surface area contributed by atoms with Crippen molar-refractivity contribution in [3.05, 3.63) is 35.5 Å². The molecule has 4 nitrogen and oxygen atoms in total. The molecule has 4 heteroatoms. The van der Waals surface area contributed by atoms with Crippen molar-refractivity contribution in [1.82, 2.24) is 10.2 Å². The van der Waals surface area contributed by atoms with Gasteiger partial charge in [0.2, 0.25) is 0 Å². The highest BCUT2D eigenvalue weighted by molar-refractivity contribution is 5.90. The third-order valence-electron chi connectivity index (χ3n) is 2.28. The van der Waals surface area contributed by atoms with Crippen LogP contribution in [0.25, 0.3) is 10.9 Å². The quantitative estimate of drug-likeness (QED) is 0.807. The van der Waals surface area contributed by atoms with Gasteiger partial charge in [-0.05, 0) is 30.2 Å². The van der Waals surface area contributed by atoms with E-state index in [0.29, 0.717) is 0 Å². The van der Waals surface area contributed by atoms with E-state index in [4.69, 9.17) is 5.11 Å². The van der Waals surface area contributed by atoms with Crippen LogP contribution in [-0.2, 0) is 6.42 Å². The Kier molecular flexibility index (Phi) is 2.33. The molecule has 2 rings (SSSR count). The van der Waals surface area contributed by atoms with Crippen molar-refractivity contribution in [3.63, 3.8) is 0 Å². The molecular formula is C11H10N2O2. The molecule has 76 valence electrons. The van der Waals surface area contributed by atoms with Crippen LogP contribution in [0.1, 0.15) is 23.0 Å². The Morgan fingerprint density at radius 1 is 1.33 bits per heavy atom. The van der Waals surface area contributed by atoms with Gasteiger partial charge in [0.05, 0.1) is 5.52 Å². The average molecular weight is 202 g/mol. The molecule has 0 saturated carbocycles. The summed E-state index contributed by atoms with van der Waals surface area (Å²) in [6.07, 6.45) is 0.917. The lowest BCUT2D eigenvalue weighted by Crippen LogP contribution is -2.01. The highest BCUT2D eigenvalue weighted by Crippen LogP contribution is 2.14. The van der Waals surface area contributed by atoms with E-state index in [0.717, 1.165) is 22.9 Å². The molecule has 0 saturated heterocycles. The fourth-order valence-electron chi connectivity index (χ4n) is 1.42. The van der Waals surface area contributed by atoms with Crippen LogP contribution < -0.4 is 0 Å². The minimum atomic E-state index is -1.05. The van der Waals surface area contributed by atoms with Gasteiger partial charge in [-0.3, -0.25) is 0 Å². The van der Waals surface area contributed by atoms with Crippen LogP contribution in [0, 0.1) is 0 Å². The molecule has 0 radical (unpaired) electrons. The zero-order chi connectivity index (χ0) is 10.8. The molecule has 0 aliphatic carbocycles. The predicted molar refractivity (Wildman–Crippen MR) is 55.9 cm³/mol. The highest BCUT2D eigenvalue weighted by Gasteiger charge is 2.06. The number of hydrogen-bond donors (Lipinski definition) is 1. The summed E-state index contributed by atoms with van der Waals surface area (Å²) in [5, 5.41) is 17.0. The molecule has 15 heavy (non-hydrogen) atoms. The lowest BCUT2D eigenvalue weighted by atomic mass is 10.1. The number of aromatic nitrogens is 2. The zero-order valence-corrected chi connectivity index (χ0v) is 8.27. The fourth-order valence-corrected chi connectivity index (χ4v) is 1.42. The SMILES string of the molecule is CCc1ccc2nnc(C(=O)O)cc2c1. The maximum Gasteiger partial charge on any atom is 0.356 e. The lowest BCUT2D eigenvalue weighted by Gasteiger charge is -2.00. The summed E-state index contributed by atoms with van der Waals surface area (Å²) in [6.45, 7) is 2.05. The van der Waals surface area contributed by atoms with Gasteiger partial charge in [0.1, 0.15) is 0 Å². The normalized spacial score (nSPS) is 10.5. The molecule has 0 spiro atoms. The Morgan fingerprint density at radius 2 is 2.13 bits per heavy atom. The Labute approximate surface area is 86.6 Å². The summed E-state index contributed by atoms with van der Waals surface area (Å²) in [4.78, 5) is 10.7. The van der Waals surface area contributed by atoms with Crippen LogP contribution in [-0.4, -0.2) is 21.3 Å². The summed E-state index contributed by atoms with van der Waals surface area (Å²) in [5.41, 5.74) is 1.86. The molecule has 0 amide bonds. The first-order valence-corrected chi connectivity index (χ1v) is 4.70. The molecule has 1 heterocycles. The Bertz CT molecular complexity index is 523. The molecule has 0 atom stereocenters. The molecule has 0 unspecified atom stereocenters. The molecule has 0 aliphatic rings. The van der Waals surface area contributed by atoms with E-state index in [1.807, 2.05) is 25.1 Å². The first-order valence-electron chi connectivity index (χ1n) is 4.70. The number of rotatable bonds is 2. The maximum absolute atomic E-state index is 10.7. The van der Waals surface area contributed by atoms with E-state index < -0.39 is 5.97 Å². The molecule has 0 aliphatic heterocycles. The number of carboxylic acids is 1. The largest absolute Gasteiger partial charge is 0.476 e. The first-order chi connectivity index (χ1) is 7.20. The van der Waals surface area contributed by atoms with Gasteiger partial charge >= 0.3 is 5.97 Å². The van der Waals surface area contributed by atoms with Crippen molar-refractivity contribution in [2.75, 3.05) is 0 Å². The number of carbonyl (C=O) groups is 1. The van der Waals surface area contributed by atoms with E-state index in [1.165, 1.54) is 0 Å². The van der Waals surface area contributed by atoms with Crippen molar-refractivity contribution in [3.8, 4) is 0 Å². The number of nitrogens with zero attached hydrogens (tertiary/aromatic N) is 2. The molecule has 1 aromatic heterocycles. The van der Waals surface area contributed by atoms with Crippen LogP contribution >= 0.6 is 0 Å². The number of hydrogen-bond acceptors (Lipinski definition) is 3. The predicted octanol–water partition coefficient (Wildman–Crippen LogP) is 1.89. The summed E-state index contributed by atoms with van der Waals surface area (Å²) >= 11 is 0. The smallest absolute Gasteiger partial charge is 0.356 e. The van der Waals surface area contributed by atoms with Crippen molar-refractivity contribution < 1.29 is 9.90 Å². The van der Waals surface area contributed by atoms with Gasteiger partial charge in [0.25, 0.3) is 0 Å². The number of carboxylic acid groups (broad SMARTS) is 1. The molecule has 1 N–H and O–H groups in total. The minimum absolute atomic E-state index is 0.0178. The van der Waals surface area contributed by atoms with E-state index in [1.54, 1.807) is 6.07 Å². The van der Waals surface area contributed by atoms with Crippen LogP contribution in [0.3, 0.4) is 0 Å². The molecule has 0 bridgehead atoms. The standard InChI is InChI=1S/C11H10N2O2/c1-2-7-3-4-9-8(5-7)6-10(11(14)15)13-12-9/h3-6H,2H2,1H3,(H,14,15). The van der Waals surface area contributed by atoms with Gasteiger partial charge in [0, 0.05) is 5.39 Å². The van der Waals surface area contributed by atoms with Gasteiger partial charge in [-0.2, -0.15) is 0 Å². The second-order valence-electron chi connectivity index (χ2n) is 3.28. The van der Waals surface area contributed by atoms with Crippen LogP contribution in [0.15, 0.2) is 24.3 Å². The second kappa shape index (κ2) is 3.65. The molecule has 0 fully saturated rings. The van der Waals surface area contributed by atoms with Crippen molar-refractivity contribution >= 4 is 16.9 Å². The topological polar surface area (TPSA) is 63.1 Å². The van der Waals surface area contributed by atoms with Crippen molar-refractivity contribution in [1.29, 1.82) is 0 Å². The molecule has 2 aromatic rings. The molecule has 1 aromatic carbocycles. The average Bonchev–Trinajstić information content (AvgIpc) is 2.27. The monoisotopic (exact) mass is 202 g/mol. The number of fused-ring (bicyclic) bond motifs is 1. The Hall–Kier alpha value is -1.97.